The molecule has 1 aliphatic heterocycles. The smallest absolute Gasteiger partial charge is 0.253 e. The molecular formula is C21H21NO4S2. The Bertz CT molecular complexity index is 1060. The van der Waals surface area contributed by atoms with E-state index in [2.05, 4.69) is 0 Å². The SMILES string of the molecule is COc1cc2c(cc1OC)C(c1ccccc1)N(S(=O)(=O)c1cccs1)CC2. The van der Waals surface area contributed by atoms with Crippen LogP contribution < -0.4 is 9.47 Å². The summed E-state index contributed by atoms with van der Waals surface area (Å²) in [4.78, 5) is 0. The maximum absolute atomic E-state index is 13.4. The highest BCUT2D eigenvalue weighted by Crippen LogP contribution is 2.43. The average Bonchev–Trinajstić information content (AvgIpc) is 3.28. The standard InChI is InChI=1S/C21H21NO4S2/c1-25-18-13-16-10-11-22(28(23,24)20-9-6-12-27-20)21(15-7-4-3-5-8-15)17(16)14-19(18)26-2/h3-9,12-14,21H,10-11H2,1-2H3. The molecule has 146 valence electrons. The van der Waals surface area contributed by atoms with Crippen LogP contribution in [0.5, 0.6) is 11.5 Å². The fraction of sp³-hybridized carbons (Fsp3) is 0.238. The minimum Gasteiger partial charge on any atom is -0.493 e. The zero-order valence-electron chi connectivity index (χ0n) is 15.7. The lowest BCUT2D eigenvalue weighted by atomic mass is 9.89. The predicted octanol–water partition coefficient (Wildman–Crippen LogP) is 4.10. The number of hydrogen-bond acceptors (Lipinski definition) is 5. The Morgan fingerprint density at radius 1 is 1.00 bits per heavy atom. The molecular weight excluding hydrogens is 394 g/mol. The Labute approximate surface area is 169 Å². The second kappa shape index (κ2) is 7.58. The first-order valence-electron chi connectivity index (χ1n) is 8.91. The third-order valence-electron chi connectivity index (χ3n) is 5.00. The molecule has 0 spiro atoms. The highest BCUT2D eigenvalue weighted by Gasteiger charge is 2.38. The third-order valence-corrected chi connectivity index (χ3v) is 8.24. The van der Waals surface area contributed by atoms with Crippen LogP contribution in [0.1, 0.15) is 22.7 Å². The van der Waals surface area contributed by atoms with Crippen molar-refractivity contribution in [3.63, 3.8) is 0 Å². The van der Waals surface area contributed by atoms with E-state index in [1.807, 2.05) is 42.5 Å². The zero-order chi connectivity index (χ0) is 19.7. The lowest BCUT2D eigenvalue weighted by Gasteiger charge is -2.36. The van der Waals surface area contributed by atoms with Gasteiger partial charge in [0.1, 0.15) is 4.21 Å². The van der Waals surface area contributed by atoms with Gasteiger partial charge in [0.25, 0.3) is 10.0 Å². The first-order chi connectivity index (χ1) is 13.6. The topological polar surface area (TPSA) is 55.8 Å². The van der Waals surface area contributed by atoms with Gasteiger partial charge in [-0.3, -0.25) is 0 Å². The number of benzene rings is 2. The van der Waals surface area contributed by atoms with Crippen molar-refractivity contribution in [2.75, 3.05) is 20.8 Å². The Morgan fingerprint density at radius 2 is 1.71 bits per heavy atom. The molecule has 0 bridgehead atoms. The molecule has 3 aromatic rings. The second-order valence-electron chi connectivity index (χ2n) is 6.52. The molecule has 0 saturated carbocycles. The van der Waals surface area contributed by atoms with Crippen molar-refractivity contribution in [1.29, 1.82) is 0 Å². The normalized spacial score (nSPS) is 17.1. The van der Waals surface area contributed by atoms with Crippen LogP contribution in [0.4, 0.5) is 0 Å². The molecule has 2 aromatic carbocycles. The molecule has 0 radical (unpaired) electrons. The molecule has 0 saturated heterocycles. The Hall–Kier alpha value is -2.35. The summed E-state index contributed by atoms with van der Waals surface area (Å²) in [6, 6.07) is 16.6. The van der Waals surface area contributed by atoms with E-state index in [0.29, 0.717) is 28.7 Å². The molecule has 5 nitrogen and oxygen atoms in total. The van der Waals surface area contributed by atoms with Crippen molar-refractivity contribution >= 4 is 21.4 Å². The summed E-state index contributed by atoms with van der Waals surface area (Å²) in [6.45, 7) is 0.405. The van der Waals surface area contributed by atoms with Gasteiger partial charge in [-0.05, 0) is 46.7 Å². The highest BCUT2D eigenvalue weighted by molar-refractivity contribution is 7.91. The van der Waals surface area contributed by atoms with E-state index in [-0.39, 0.29) is 0 Å². The number of thiophene rings is 1. The van der Waals surface area contributed by atoms with E-state index in [9.17, 15) is 8.42 Å². The van der Waals surface area contributed by atoms with E-state index in [1.54, 1.807) is 36.0 Å². The highest BCUT2D eigenvalue weighted by atomic mass is 32.2. The molecule has 0 amide bonds. The lowest BCUT2D eigenvalue weighted by molar-refractivity contribution is 0.332. The maximum Gasteiger partial charge on any atom is 0.253 e. The van der Waals surface area contributed by atoms with Crippen LogP contribution >= 0.6 is 11.3 Å². The van der Waals surface area contributed by atoms with E-state index in [4.69, 9.17) is 9.47 Å². The van der Waals surface area contributed by atoms with Gasteiger partial charge < -0.3 is 9.47 Å². The fourth-order valence-corrected chi connectivity index (χ4v) is 6.40. The van der Waals surface area contributed by atoms with Crippen LogP contribution in [0.2, 0.25) is 0 Å². The van der Waals surface area contributed by atoms with Gasteiger partial charge in [0.2, 0.25) is 0 Å². The van der Waals surface area contributed by atoms with Crippen molar-refractivity contribution in [2.45, 2.75) is 16.7 Å². The van der Waals surface area contributed by atoms with Crippen LogP contribution in [0.3, 0.4) is 0 Å². The largest absolute Gasteiger partial charge is 0.493 e. The van der Waals surface area contributed by atoms with E-state index in [0.717, 1.165) is 16.7 Å². The number of methoxy groups -OCH3 is 2. The van der Waals surface area contributed by atoms with Crippen LogP contribution in [0, 0.1) is 0 Å². The van der Waals surface area contributed by atoms with Crippen molar-refractivity contribution in [1.82, 2.24) is 4.31 Å². The molecule has 1 aromatic heterocycles. The maximum atomic E-state index is 13.4. The lowest BCUT2D eigenvalue weighted by Crippen LogP contribution is -2.40. The van der Waals surface area contributed by atoms with E-state index < -0.39 is 16.1 Å². The summed E-state index contributed by atoms with van der Waals surface area (Å²) in [5.74, 6) is 1.25. The quantitative estimate of drug-likeness (QED) is 0.630. The number of rotatable bonds is 5. The molecule has 1 unspecified atom stereocenters. The summed E-state index contributed by atoms with van der Waals surface area (Å²) in [7, 11) is -0.420. The molecule has 7 heteroatoms. The average molecular weight is 416 g/mol. The van der Waals surface area contributed by atoms with Crippen molar-refractivity contribution in [2.24, 2.45) is 0 Å². The second-order valence-corrected chi connectivity index (χ2v) is 9.58. The van der Waals surface area contributed by atoms with Crippen LogP contribution in [0.25, 0.3) is 0 Å². The van der Waals surface area contributed by atoms with Gasteiger partial charge in [-0.15, -0.1) is 11.3 Å². The summed E-state index contributed by atoms with van der Waals surface area (Å²) in [5, 5.41) is 1.79. The molecule has 0 fully saturated rings. The molecule has 1 atom stereocenters. The number of ether oxygens (including phenoxy) is 2. The fourth-order valence-electron chi connectivity index (χ4n) is 3.69. The third kappa shape index (κ3) is 3.19. The number of hydrogen-bond donors (Lipinski definition) is 0. The number of sulfonamides is 1. The van der Waals surface area contributed by atoms with Gasteiger partial charge in [0.05, 0.1) is 20.3 Å². The van der Waals surface area contributed by atoms with Gasteiger partial charge in [0.15, 0.2) is 11.5 Å². The van der Waals surface area contributed by atoms with E-state index >= 15 is 0 Å². The van der Waals surface area contributed by atoms with Crippen molar-refractivity contribution < 1.29 is 17.9 Å². The minimum absolute atomic E-state index is 0.359. The van der Waals surface area contributed by atoms with Gasteiger partial charge in [-0.2, -0.15) is 4.31 Å². The van der Waals surface area contributed by atoms with Crippen molar-refractivity contribution in [3.8, 4) is 11.5 Å². The van der Waals surface area contributed by atoms with Crippen LogP contribution in [-0.4, -0.2) is 33.5 Å². The van der Waals surface area contributed by atoms with Gasteiger partial charge in [0, 0.05) is 6.54 Å². The Morgan fingerprint density at radius 3 is 2.36 bits per heavy atom. The van der Waals surface area contributed by atoms with E-state index in [1.165, 1.54) is 11.3 Å². The summed E-state index contributed by atoms with van der Waals surface area (Å²) in [6.07, 6.45) is 0.615. The molecule has 1 aliphatic rings. The first kappa shape index (κ1) is 19.0. The summed E-state index contributed by atoms with van der Waals surface area (Å²) < 4.78 is 39.7. The molecule has 4 rings (SSSR count). The van der Waals surface area contributed by atoms with Crippen LogP contribution in [0.15, 0.2) is 64.2 Å². The van der Waals surface area contributed by atoms with Gasteiger partial charge in [-0.25, -0.2) is 8.42 Å². The monoisotopic (exact) mass is 415 g/mol. The van der Waals surface area contributed by atoms with Gasteiger partial charge in [-0.1, -0.05) is 36.4 Å². The molecule has 0 aliphatic carbocycles. The number of nitrogens with zero attached hydrogens (tertiary/aromatic N) is 1. The number of fused-ring (bicyclic) bond motifs is 1. The molecule has 28 heavy (non-hydrogen) atoms. The Balaban J connectivity index is 1.91. The Kier molecular flexibility index (Phi) is 5.14. The van der Waals surface area contributed by atoms with Gasteiger partial charge >= 0.3 is 0 Å². The summed E-state index contributed by atoms with van der Waals surface area (Å²) >= 11 is 1.24. The predicted molar refractivity (Wildman–Crippen MR) is 110 cm³/mol. The molecule has 2 heterocycles. The zero-order valence-corrected chi connectivity index (χ0v) is 17.3. The summed E-state index contributed by atoms with van der Waals surface area (Å²) in [5.41, 5.74) is 2.93. The molecule has 0 N–H and O–H groups in total. The minimum atomic E-state index is -3.61. The first-order valence-corrected chi connectivity index (χ1v) is 11.2. The van der Waals surface area contributed by atoms with Crippen molar-refractivity contribution in [3.05, 3.63) is 76.7 Å². The van der Waals surface area contributed by atoms with Crippen LogP contribution in [-0.2, 0) is 16.4 Å².